The van der Waals surface area contributed by atoms with Gasteiger partial charge in [0.05, 0.1) is 11.6 Å². The highest BCUT2D eigenvalue weighted by molar-refractivity contribution is 5.37. The Morgan fingerprint density at radius 3 is 2.65 bits per heavy atom. The molecule has 2 nitrogen and oxygen atoms in total. The first-order valence-corrected chi connectivity index (χ1v) is 6.28. The highest BCUT2D eigenvalue weighted by atomic mass is 19.1. The van der Waals surface area contributed by atoms with Crippen molar-refractivity contribution < 1.29 is 8.78 Å². The molecule has 2 rings (SSSR count). The average Bonchev–Trinajstić information content (AvgIpc) is 2.45. The third-order valence-corrected chi connectivity index (χ3v) is 3.16. The molecule has 0 aliphatic carbocycles. The Bertz CT molecular complexity index is 647. The molecular weight excluding hydrogens is 258 g/mol. The number of hydrogen-bond acceptors (Lipinski definition) is 2. The lowest BCUT2D eigenvalue weighted by molar-refractivity contribution is 0.526. The molecule has 0 amide bonds. The topological polar surface area (TPSA) is 35.8 Å². The Balaban J connectivity index is 2.11. The van der Waals surface area contributed by atoms with Crippen molar-refractivity contribution >= 4 is 0 Å². The van der Waals surface area contributed by atoms with Crippen LogP contribution in [0.1, 0.15) is 29.7 Å². The van der Waals surface area contributed by atoms with Crippen molar-refractivity contribution in [2.75, 3.05) is 0 Å². The Hall–Kier alpha value is -2.25. The summed E-state index contributed by atoms with van der Waals surface area (Å²) in [6, 6.07) is 12.3. The van der Waals surface area contributed by atoms with Gasteiger partial charge >= 0.3 is 0 Å². The first kappa shape index (κ1) is 14.2. The molecule has 1 N–H and O–H groups in total. The van der Waals surface area contributed by atoms with Crippen LogP contribution < -0.4 is 5.32 Å². The van der Waals surface area contributed by atoms with Crippen LogP contribution in [0.2, 0.25) is 0 Å². The van der Waals surface area contributed by atoms with Gasteiger partial charge < -0.3 is 5.32 Å². The minimum absolute atomic E-state index is 0.231. The molecule has 0 radical (unpaired) electrons. The Morgan fingerprint density at radius 2 is 1.95 bits per heavy atom. The highest BCUT2D eigenvalue weighted by Crippen LogP contribution is 2.17. The molecule has 0 fully saturated rings. The average molecular weight is 272 g/mol. The van der Waals surface area contributed by atoms with E-state index in [-0.39, 0.29) is 17.7 Å². The number of benzene rings is 2. The van der Waals surface area contributed by atoms with Crippen LogP contribution in [-0.4, -0.2) is 0 Å². The molecule has 0 unspecified atom stereocenters. The van der Waals surface area contributed by atoms with Gasteiger partial charge in [-0.15, -0.1) is 0 Å². The van der Waals surface area contributed by atoms with E-state index in [4.69, 9.17) is 5.26 Å². The predicted molar refractivity (Wildman–Crippen MR) is 72.8 cm³/mol. The fourth-order valence-electron chi connectivity index (χ4n) is 2.02. The summed E-state index contributed by atoms with van der Waals surface area (Å²) < 4.78 is 26.8. The zero-order valence-corrected chi connectivity index (χ0v) is 11.0. The maximum absolute atomic E-state index is 13.6. The van der Waals surface area contributed by atoms with E-state index in [1.165, 1.54) is 24.3 Å². The monoisotopic (exact) mass is 272 g/mol. The largest absolute Gasteiger partial charge is 0.306 e. The van der Waals surface area contributed by atoms with E-state index in [1.807, 2.05) is 13.0 Å². The number of nitrogens with one attached hydrogen (secondary N) is 1. The molecule has 1 atom stereocenters. The SMILES string of the molecule is C[C@@H](NCc1cc(F)ccc1C#N)c1ccccc1F. The van der Waals surface area contributed by atoms with Gasteiger partial charge in [-0.2, -0.15) is 5.26 Å². The molecule has 0 aromatic heterocycles. The van der Waals surface area contributed by atoms with E-state index in [2.05, 4.69) is 5.32 Å². The Kier molecular flexibility index (Phi) is 4.44. The number of rotatable bonds is 4. The fourth-order valence-corrected chi connectivity index (χ4v) is 2.02. The number of halogens is 2. The summed E-state index contributed by atoms with van der Waals surface area (Å²) >= 11 is 0. The fraction of sp³-hybridized carbons (Fsp3) is 0.188. The van der Waals surface area contributed by atoms with Crippen LogP contribution in [0.3, 0.4) is 0 Å². The van der Waals surface area contributed by atoms with E-state index >= 15 is 0 Å². The van der Waals surface area contributed by atoms with Crippen LogP contribution in [0.4, 0.5) is 8.78 Å². The van der Waals surface area contributed by atoms with Crippen LogP contribution in [0, 0.1) is 23.0 Å². The third kappa shape index (κ3) is 3.19. The van der Waals surface area contributed by atoms with Crippen LogP contribution >= 0.6 is 0 Å². The standard InChI is InChI=1S/C16H14F2N2/c1-11(15-4-2-3-5-16(15)18)20-10-13-8-14(17)7-6-12(13)9-19/h2-8,11,20H,10H2,1H3/t11-/m1/s1. The Morgan fingerprint density at radius 1 is 1.20 bits per heavy atom. The van der Waals surface area contributed by atoms with Gasteiger partial charge in [-0.05, 0) is 36.8 Å². The first-order chi connectivity index (χ1) is 9.61. The third-order valence-electron chi connectivity index (χ3n) is 3.16. The molecule has 0 saturated heterocycles. The van der Waals surface area contributed by atoms with Crippen molar-refractivity contribution in [1.29, 1.82) is 5.26 Å². The highest BCUT2D eigenvalue weighted by Gasteiger charge is 2.11. The lowest BCUT2D eigenvalue weighted by Crippen LogP contribution is -2.19. The minimum Gasteiger partial charge on any atom is -0.306 e. The van der Waals surface area contributed by atoms with Crippen molar-refractivity contribution in [3.8, 4) is 6.07 Å². The van der Waals surface area contributed by atoms with Crippen molar-refractivity contribution in [1.82, 2.24) is 5.32 Å². The van der Waals surface area contributed by atoms with E-state index in [9.17, 15) is 8.78 Å². The van der Waals surface area contributed by atoms with Gasteiger partial charge in [0, 0.05) is 18.2 Å². The second-order valence-electron chi connectivity index (χ2n) is 4.54. The molecule has 20 heavy (non-hydrogen) atoms. The molecule has 2 aromatic carbocycles. The van der Waals surface area contributed by atoms with Crippen molar-refractivity contribution in [2.45, 2.75) is 19.5 Å². The summed E-state index contributed by atoms with van der Waals surface area (Å²) in [7, 11) is 0. The molecule has 0 aliphatic heterocycles. The number of nitrogens with zero attached hydrogens (tertiary/aromatic N) is 1. The van der Waals surface area contributed by atoms with E-state index in [0.29, 0.717) is 23.2 Å². The van der Waals surface area contributed by atoms with Crippen molar-refractivity contribution in [3.05, 3.63) is 70.8 Å². The normalized spacial score (nSPS) is 11.9. The summed E-state index contributed by atoms with van der Waals surface area (Å²) in [5.74, 6) is -0.674. The van der Waals surface area contributed by atoms with Crippen LogP contribution in [0.15, 0.2) is 42.5 Å². The maximum Gasteiger partial charge on any atom is 0.127 e. The number of nitriles is 1. The van der Waals surface area contributed by atoms with Crippen LogP contribution in [0.5, 0.6) is 0 Å². The molecular formula is C16H14F2N2. The van der Waals surface area contributed by atoms with Gasteiger partial charge in [0.25, 0.3) is 0 Å². The van der Waals surface area contributed by atoms with E-state index in [1.54, 1.807) is 18.2 Å². The van der Waals surface area contributed by atoms with Crippen LogP contribution in [-0.2, 0) is 6.54 Å². The smallest absolute Gasteiger partial charge is 0.127 e. The quantitative estimate of drug-likeness (QED) is 0.921. The van der Waals surface area contributed by atoms with Gasteiger partial charge in [-0.25, -0.2) is 8.78 Å². The van der Waals surface area contributed by atoms with Crippen molar-refractivity contribution in [3.63, 3.8) is 0 Å². The van der Waals surface area contributed by atoms with Gasteiger partial charge in [0.1, 0.15) is 11.6 Å². The molecule has 0 spiro atoms. The summed E-state index contributed by atoms with van der Waals surface area (Å²) in [6.07, 6.45) is 0. The zero-order chi connectivity index (χ0) is 14.5. The zero-order valence-electron chi connectivity index (χ0n) is 11.0. The van der Waals surface area contributed by atoms with Gasteiger partial charge in [0.15, 0.2) is 0 Å². The summed E-state index contributed by atoms with van der Waals surface area (Å²) in [4.78, 5) is 0. The molecule has 0 saturated carbocycles. The molecule has 4 heteroatoms. The first-order valence-electron chi connectivity index (χ1n) is 6.28. The van der Waals surface area contributed by atoms with E-state index < -0.39 is 0 Å². The summed E-state index contributed by atoms with van der Waals surface area (Å²) in [5.41, 5.74) is 1.53. The second-order valence-corrected chi connectivity index (χ2v) is 4.54. The molecule has 2 aromatic rings. The lowest BCUT2D eigenvalue weighted by atomic mass is 10.1. The molecule has 102 valence electrons. The minimum atomic E-state index is -0.389. The predicted octanol–water partition coefficient (Wildman–Crippen LogP) is 3.69. The molecule has 0 bridgehead atoms. The van der Waals surface area contributed by atoms with Crippen molar-refractivity contribution in [2.24, 2.45) is 0 Å². The lowest BCUT2D eigenvalue weighted by Gasteiger charge is -2.15. The molecule has 0 aliphatic rings. The van der Waals surface area contributed by atoms with E-state index in [0.717, 1.165) is 0 Å². The summed E-state index contributed by atoms with van der Waals surface area (Å²) in [6.45, 7) is 2.12. The second kappa shape index (κ2) is 6.27. The Labute approximate surface area is 116 Å². The summed E-state index contributed by atoms with van der Waals surface area (Å²) in [5, 5.41) is 12.1. The maximum atomic E-state index is 13.6. The van der Waals surface area contributed by atoms with Gasteiger partial charge in [-0.3, -0.25) is 0 Å². The van der Waals surface area contributed by atoms with Crippen LogP contribution in [0.25, 0.3) is 0 Å². The van der Waals surface area contributed by atoms with Gasteiger partial charge in [0.2, 0.25) is 0 Å². The molecule has 0 heterocycles. The number of hydrogen-bond donors (Lipinski definition) is 1. The van der Waals surface area contributed by atoms with Gasteiger partial charge in [-0.1, -0.05) is 18.2 Å².